The summed E-state index contributed by atoms with van der Waals surface area (Å²) in [5.41, 5.74) is 0. The summed E-state index contributed by atoms with van der Waals surface area (Å²) < 4.78 is 54.5. The quantitative estimate of drug-likeness (QED) is 0.256. The standard InChI is InChI=1S/CF5NOP/c2-9(3,4,5,6)7-1-8/q-1. The van der Waals surface area contributed by atoms with Crippen molar-refractivity contribution in [2.24, 2.45) is 4.76 Å². The molecule has 0 aliphatic rings. The molecule has 0 atom stereocenters. The molecule has 0 aromatic carbocycles. The molecule has 0 aliphatic heterocycles. The number of rotatable bonds is 1. The molecule has 0 bridgehead atoms. The van der Waals surface area contributed by atoms with Crippen molar-refractivity contribution in [3.8, 4) is 0 Å². The Morgan fingerprint density at radius 3 is 1.44 bits per heavy atom. The zero-order valence-corrected chi connectivity index (χ0v) is 4.59. The Morgan fingerprint density at radius 2 is 1.44 bits per heavy atom. The fourth-order valence-corrected chi connectivity index (χ4v) is 0.231. The van der Waals surface area contributed by atoms with Gasteiger partial charge >= 0.3 is 44.3 Å². The van der Waals surface area contributed by atoms with E-state index in [0.29, 0.717) is 4.76 Å². The van der Waals surface area contributed by atoms with Crippen LogP contribution in [0.2, 0.25) is 0 Å². The topological polar surface area (TPSA) is 29.4 Å². The Hall–Kier alpha value is -0.540. The van der Waals surface area contributed by atoms with Crippen LogP contribution in [0.3, 0.4) is 0 Å². The van der Waals surface area contributed by atoms with Crippen LogP contribution in [-0.4, -0.2) is 6.08 Å². The van der Waals surface area contributed by atoms with Gasteiger partial charge in [0, 0.05) is 0 Å². The summed E-state index contributed by atoms with van der Waals surface area (Å²) in [7, 11) is -10.0. The van der Waals surface area contributed by atoms with Gasteiger partial charge in [-0.15, -0.1) is 0 Å². The van der Waals surface area contributed by atoms with E-state index in [1.807, 2.05) is 0 Å². The van der Waals surface area contributed by atoms with Crippen LogP contribution in [0.5, 0.6) is 0 Å². The summed E-state index contributed by atoms with van der Waals surface area (Å²) in [4.78, 5) is 8.77. The van der Waals surface area contributed by atoms with Gasteiger partial charge in [-0.3, -0.25) is 0 Å². The van der Waals surface area contributed by atoms with E-state index in [9.17, 15) is 21.0 Å². The van der Waals surface area contributed by atoms with Crippen LogP contribution in [0.1, 0.15) is 0 Å². The van der Waals surface area contributed by atoms with Gasteiger partial charge in [0.1, 0.15) is 0 Å². The van der Waals surface area contributed by atoms with Crippen LogP contribution in [0, 0.1) is 0 Å². The van der Waals surface area contributed by atoms with Gasteiger partial charge in [0.15, 0.2) is 0 Å². The molecule has 8 heteroatoms. The van der Waals surface area contributed by atoms with Gasteiger partial charge in [-0.2, -0.15) is 0 Å². The summed E-state index contributed by atoms with van der Waals surface area (Å²) in [6.07, 6.45) is -0.251. The number of nitrogens with zero attached hydrogens (tertiary/aromatic N) is 1. The number of hydrogen-bond donors (Lipinski definition) is 0. The summed E-state index contributed by atoms with van der Waals surface area (Å²) >= 11 is 0. The average Bonchev–Trinajstić information content (AvgIpc) is 1.22. The molecule has 0 saturated carbocycles. The number of halogens is 5. The first-order valence-corrected chi connectivity index (χ1v) is 3.56. The fraction of sp³-hybridized carbons (Fsp3) is 0. The van der Waals surface area contributed by atoms with Crippen molar-refractivity contribution in [2.45, 2.75) is 0 Å². The Balaban J connectivity index is 4.99. The number of hydrogen-bond acceptors (Lipinski definition) is 2. The van der Waals surface area contributed by atoms with Crippen LogP contribution in [0.15, 0.2) is 4.76 Å². The average molecular weight is 168 g/mol. The van der Waals surface area contributed by atoms with Gasteiger partial charge in [0.05, 0.1) is 0 Å². The second-order valence-corrected chi connectivity index (χ2v) is 3.44. The Labute approximate surface area is 45.5 Å². The van der Waals surface area contributed by atoms with Crippen molar-refractivity contribution in [2.75, 3.05) is 0 Å². The van der Waals surface area contributed by atoms with Gasteiger partial charge < -0.3 is 0 Å². The molecule has 2 nitrogen and oxygen atoms in total. The molecule has 0 aromatic rings. The third-order valence-corrected chi connectivity index (χ3v) is 0.689. The number of carbonyl (C=O) groups excluding carboxylic acids is 1. The molecule has 9 heavy (non-hydrogen) atoms. The summed E-state index contributed by atoms with van der Waals surface area (Å²) in [5.74, 6) is 0. The minimum atomic E-state index is -10.0. The molecule has 0 spiro atoms. The van der Waals surface area contributed by atoms with Crippen molar-refractivity contribution in [3.63, 3.8) is 0 Å². The van der Waals surface area contributed by atoms with Gasteiger partial charge in [-0.1, -0.05) is 0 Å². The van der Waals surface area contributed by atoms with Crippen LogP contribution < -0.4 is 0 Å². The first kappa shape index (κ1) is 8.46. The van der Waals surface area contributed by atoms with Crippen LogP contribution >= 0.6 is 7.65 Å². The van der Waals surface area contributed by atoms with E-state index in [-0.39, 0.29) is 6.08 Å². The summed E-state index contributed by atoms with van der Waals surface area (Å²) in [6, 6.07) is 0. The van der Waals surface area contributed by atoms with Crippen LogP contribution in [0.4, 0.5) is 21.0 Å². The second-order valence-electron chi connectivity index (χ2n) is 1.21. The zero-order valence-electron chi connectivity index (χ0n) is 3.69. The molecule has 0 heterocycles. The number of isocyanates is 1. The molecule has 0 amide bonds. The molecule has 0 fully saturated rings. The predicted octanol–water partition coefficient (Wildman–Crippen LogP) is 2.75. The zero-order chi connectivity index (χ0) is 7.82. The molecule has 0 aromatic heterocycles. The molecule has 0 unspecified atom stereocenters. The fourth-order valence-electron chi connectivity index (χ4n) is 0.0772. The first-order valence-electron chi connectivity index (χ1n) is 1.47. The van der Waals surface area contributed by atoms with Crippen molar-refractivity contribution >= 4 is 13.7 Å². The van der Waals surface area contributed by atoms with Crippen LogP contribution in [-0.2, 0) is 4.79 Å². The normalized spacial score (nSPS) is 19.2. The van der Waals surface area contributed by atoms with Gasteiger partial charge in [-0.05, 0) is 0 Å². The van der Waals surface area contributed by atoms with Crippen molar-refractivity contribution in [3.05, 3.63) is 0 Å². The van der Waals surface area contributed by atoms with Gasteiger partial charge in [-0.25, -0.2) is 0 Å². The van der Waals surface area contributed by atoms with E-state index in [2.05, 4.69) is 0 Å². The molecular weight excluding hydrogens is 168 g/mol. The molecule has 0 saturated heterocycles. The van der Waals surface area contributed by atoms with Crippen LogP contribution in [0.25, 0.3) is 0 Å². The van der Waals surface area contributed by atoms with E-state index >= 15 is 0 Å². The molecular formula is CF5NOP-. The summed E-state index contributed by atoms with van der Waals surface area (Å²) in [5, 5.41) is 0. The summed E-state index contributed by atoms with van der Waals surface area (Å²) in [6.45, 7) is 0. The van der Waals surface area contributed by atoms with Gasteiger partial charge in [0.25, 0.3) is 0 Å². The second kappa shape index (κ2) is 1.15. The molecule has 0 N–H and O–H groups in total. The Kier molecular flexibility index (Phi) is 1.08. The third-order valence-electron chi connectivity index (χ3n) is 0.230. The monoisotopic (exact) mass is 168 g/mol. The maximum atomic E-state index is 10.8. The third kappa shape index (κ3) is 7.46. The van der Waals surface area contributed by atoms with E-state index in [0.717, 1.165) is 0 Å². The van der Waals surface area contributed by atoms with E-state index in [1.54, 1.807) is 0 Å². The van der Waals surface area contributed by atoms with Gasteiger partial charge in [0.2, 0.25) is 0 Å². The predicted molar refractivity (Wildman–Crippen MR) is 20.6 cm³/mol. The molecule has 0 rings (SSSR count). The van der Waals surface area contributed by atoms with Crippen molar-refractivity contribution < 1.29 is 25.8 Å². The first-order chi connectivity index (χ1) is 3.54. The molecule has 0 radical (unpaired) electrons. The Morgan fingerprint density at radius 1 is 1.11 bits per heavy atom. The molecule has 56 valence electrons. The Bertz CT molecular complexity index is 170. The SMILES string of the molecule is O=C=N[P-](F)(F)(F)(F)F. The van der Waals surface area contributed by atoms with E-state index in [1.165, 1.54) is 0 Å². The van der Waals surface area contributed by atoms with E-state index < -0.39 is 7.65 Å². The minimum absolute atomic E-state index is 0.251. The van der Waals surface area contributed by atoms with E-state index in [4.69, 9.17) is 4.79 Å². The van der Waals surface area contributed by atoms with Crippen molar-refractivity contribution in [1.82, 2.24) is 0 Å². The van der Waals surface area contributed by atoms with Crippen molar-refractivity contribution in [1.29, 1.82) is 0 Å². The molecule has 0 aliphatic carbocycles. The maximum absolute atomic E-state index is 10.8.